The van der Waals surface area contributed by atoms with E-state index >= 15 is 0 Å². The van der Waals surface area contributed by atoms with E-state index in [0.717, 1.165) is 17.1 Å². The molecule has 0 saturated carbocycles. The number of halogens is 1. The van der Waals surface area contributed by atoms with E-state index in [4.69, 9.17) is 20.3 Å². The first-order valence-electron chi connectivity index (χ1n) is 4.78. The minimum Gasteiger partial charge on any atom is -0.497 e. The zero-order valence-corrected chi connectivity index (χ0v) is 10.3. The fourth-order valence-corrected chi connectivity index (χ4v) is 1.37. The Morgan fingerprint density at radius 1 is 1.31 bits per heavy atom. The van der Waals surface area contributed by atoms with Gasteiger partial charge in [-0.05, 0) is 18.1 Å². The molecule has 1 unspecified atom stereocenters. The van der Waals surface area contributed by atoms with Crippen LogP contribution in [0.25, 0.3) is 0 Å². The summed E-state index contributed by atoms with van der Waals surface area (Å²) in [6.07, 6.45) is 0.587. The average Bonchev–Trinajstić information content (AvgIpc) is 2.29. The van der Waals surface area contributed by atoms with Crippen LogP contribution < -0.4 is 15.2 Å². The summed E-state index contributed by atoms with van der Waals surface area (Å²) in [7, 11) is 3.21. The van der Waals surface area contributed by atoms with Crippen molar-refractivity contribution in [2.24, 2.45) is 5.73 Å². The molecular weight excluding hydrogens is 230 g/mol. The predicted molar refractivity (Wildman–Crippen MR) is 65.6 cm³/mol. The smallest absolute Gasteiger partial charge is 0.125 e. The molecule has 0 aliphatic rings. The van der Waals surface area contributed by atoms with Crippen molar-refractivity contribution in [3.63, 3.8) is 0 Å². The SMILES string of the molecule is COc1ccc(CC(N)CO)c(OC)c1.Cl. The van der Waals surface area contributed by atoms with Gasteiger partial charge in [0, 0.05) is 12.1 Å². The summed E-state index contributed by atoms with van der Waals surface area (Å²) in [6, 6.07) is 5.29. The Labute approximate surface area is 102 Å². The number of nitrogens with two attached hydrogens (primary N) is 1. The molecule has 1 rings (SSSR count). The van der Waals surface area contributed by atoms with Crippen LogP contribution in [0.3, 0.4) is 0 Å². The largest absolute Gasteiger partial charge is 0.497 e. The molecule has 0 spiro atoms. The van der Waals surface area contributed by atoms with Gasteiger partial charge in [-0.25, -0.2) is 0 Å². The van der Waals surface area contributed by atoms with Crippen molar-refractivity contribution < 1.29 is 14.6 Å². The van der Waals surface area contributed by atoms with Gasteiger partial charge in [-0.1, -0.05) is 6.07 Å². The average molecular weight is 248 g/mol. The number of methoxy groups -OCH3 is 2. The van der Waals surface area contributed by atoms with Crippen molar-refractivity contribution in [1.29, 1.82) is 0 Å². The molecule has 0 heterocycles. The van der Waals surface area contributed by atoms with Crippen LogP contribution in [0.15, 0.2) is 18.2 Å². The van der Waals surface area contributed by atoms with Crippen LogP contribution in [0, 0.1) is 0 Å². The molecule has 0 amide bonds. The van der Waals surface area contributed by atoms with E-state index in [1.54, 1.807) is 20.3 Å². The highest BCUT2D eigenvalue weighted by atomic mass is 35.5. The van der Waals surface area contributed by atoms with Gasteiger partial charge in [0.05, 0.1) is 20.8 Å². The molecule has 3 N–H and O–H groups in total. The van der Waals surface area contributed by atoms with E-state index in [-0.39, 0.29) is 25.1 Å². The monoisotopic (exact) mass is 247 g/mol. The lowest BCUT2D eigenvalue weighted by Crippen LogP contribution is -2.27. The molecule has 0 aliphatic carbocycles. The van der Waals surface area contributed by atoms with E-state index in [1.165, 1.54) is 0 Å². The molecule has 1 aromatic carbocycles. The number of ether oxygens (including phenoxy) is 2. The Morgan fingerprint density at radius 2 is 2.00 bits per heavy atom. The van der Waals surface area contributed by atoms with E-state index in [0.29, 0.717) is 6.42 Å². The first kappa shape index (κ1) is 15.0. The summed E-state index contributed by atoms with van der Waals surface area (Å²) in [4.78, 5) is 0. The van der Waals surface area contributed by atoms with Crippen molar-refractivity contribution in [2.45, 2.75) is 12.5 Å². The van der Waals surface area contributed by atoms with E-state index in [2.05, 4.69) is 0 Å². The van der Waals surface area contributed by atoms with Crippen molar-refractivity contribution in [2.75, 3.05) is 20.8 Å². The molecular formula is C11H18ClNO3. The van der Waals surface area contributed by atoms with Crippen LogP contribution in [0.4, 0.5) is 0 Å². The van der Waals surface area contributed by atoms with Crippen molar-refractivity contribution in [1.82, 2.24) is 0 Å². The van der Waals surface area contributed by atoms with Crippen LogP contribution in [0.1, 0.15) is 5.56 Å². The summed E-state index contributed by atoms with van der Waals surface area (Å²) >= 11 is 0. The van der Waals surface area contributed by atoms with Crippen molar-refractivity contribution in [3.05, 3.63) is 23.8 Å². The second kappa shape index (κ2) is 7.33. The lowest BCUT2D eigenvalue weighted by atomic mass is 10.1. The molecule has 0 radical (unpaired) electrons. The molecule has 92 valence electrons. The summed E-state index contributed by atoms with van der Waals surface area (Å²) in [5.41, 5.74) is 6.63. The Balaban J connectivity index is 0.00000225. The van der Waals surface area contributed by atoms with Crippen LogP contribution in [0.2, 0.25) is 0 Å². The zero-order valence-electron chi connectivity index (χ0n) is 9.47. The van der Waals surface area contributed by atoms with Gasteiger partial charge < -0.3 is 20.3 Å². The number of hydrogen-bond acceptors (Lipinski definition) is 4. The second-order valence-corrected chi connectivity index (χ2v) is 3.32. The number of aliphatic hydroxyl groups excluding tert-OH is 1. The highest BCUT2D eigenvalue weighted by Crippen LogP contribution is 2.25. The fourth-order valence-electron chi connectivity index (χ4n) is 1.37. The maximum absolute atomic E-state index is 8.87. The number of aliphatic hydroxyl groups is 1. The maximum atomic E-state index is 8.87. The molecule has 0 saturated heterocycles. The molecule has 0 aromatic heterocycles. The molecule has 0 fully saturated rings. The van der Waals surface area contributed by atoms with Crippen LogP contribution >= 0.6 is 12.4 Å². The topological polar surface area (TPSA) is 64.7 Å². The maximum Gasteiger partial charge on any atom is 0.125 e. The zero-order chi connectivity index (χ0) is 11.3. The van der Waals surface area contributed by atoms with Gasteiger partial charge in [0.15, 0.2) is 0 Å². The summed E-state index contributed by atoms with van der Waals surface area (Å²) in [5, 5.41) is 8.87. The standard InChI is InChI=1S/C11H17NO3.ClH/c1-14-10-4-3-8(5-9(12)7-13)11(6-10)15-2;/h3-4,6,9,13H,5,7,12H2,1-2H3;1H. The summed E-state index contributed by atoms with van der Waals surface area (Å²) in [6.45, 7) is -0.0326. The first-order chi connectivity index (χ1) is 7.21. The van der Waals surface area contributed by atoms with Crippen LogP contribution in [0.5, 0.6) is 11.5 Å². The second-order valence-electron chi connectivity index (χ2n) is 3.32. The molecule has 0 bridgehead atoms. The molecule has 0 aliphatic heterocycles. The molecule has 5 heteroatoms. The Bertz CT molecular complexity index is 320. The van der Waals surface area contributed by atoms with E-state index in [9.17, 15) is 0 Å². The minimum absolute atomic E-state index is 0. The Hall–Kier alpha value is -0.970. The third-order valence-electron chi connectivity index (χ3n) is 2.21. The van der Waals surface area contributed by atoms with Gasteiger partial charge in [-0.15, -0.1) is 12.4 Å². The normalized spacial score (nSPS) is 11.5. The predicted octanol–water partition coefficient (Wildman–Crippen LogP) is 0.988. The van der Waals surface area contributed by atoms with Crippen molar-refractivity contribution >= 4 is 12.4 Å². The Morgan fingerprint density at radius 3 is 2.50 bits per heavy atom. The van der Waals surface area contributed by atoms with Crippen LogP contribution in [-0.2, 0) is 6.42 Å². The molecule has 16 heavy (non-hydrogen) atoms. The lowest BCUT2D eigenvalue weighted by molar-refractivity contribution is 0.264. The molecule has 4 nitrogen and oxygen atoms in total. The molecule has 1 atom stereocenters. The first-order valence-corrected chi connectivity index (χ1v) is 4.78. The quantitative estimate of drug-likeness (QED) is 0.815. The van der Waals surface area contributed by atoms with Crippen LogP contribution in [-0.4, -0.2) is 32.0 Å². The summed E-state index contributed by atoms with van der Waals surface area (Å²) < 4.78 is 10.3. The van der Waals surface area contributed by atoms with Gasteiger partial charge in [0.25, 0.3) is 0 Å². The summed E-state index contributed by atoms with van der Waals surface area (Å²) in [5.74, 6) is 1.48. The fraction of sp³-hybridized carbons (Fsp3) is 0.455. The van der Waals surface area contributed by atoms with Gasteiger partial charge in [0.1, 0.15) is 11.5 Å². The van der Waals surface area contributed by atoms with E-state index < -0.39 is 0 Å². The highest BCUT2D eigenvalue weighted by molar-refractivity contribution is 5.85. The van der Waals surface area contributed by atoms with Gasteiger partial charge >= 0.3 is 0 Å². The highest BCUT2D eigenvalue weighted by Gasteiger charge is 2.08. The number of benzene rings is 1. The van der Waals surface area contributed by atoms with Gasteiger partial charge in [-0.2, -0.15) is 0 Å². The minimum atomic E-state index is -0.257. The Kier molecular flexibility index (Phi) is 6.88. The van der Waals surface area contributed by atoms with Gasteiger partial charge in [0.2, 0.25) is 0 Å². The van der Waals surface area contributed by atoms with Crippen molar-refractivity contribution in [3.8, 4) is 11.5 Å². The van der Waals surface area contributed by atoms with Gasteiger partial charge in [-0.3, -0.25) is 0 Å². The third-order valence-corrected chi connectivity index (χ3v) is 2.21. The molecule has 1 aromatic rings. The lowest BCUT2D eigenvalue weighted by Gasteiger charge is -2.13. The number of rotatable bonds is 5. The third kappa shape index (κ3) is 3.89. The number of hydrogen-bond donors (Lipinski definition) is 2. The van der Waals surface area contributed by atoms with E-state index in [1.807, 2.05) is 12.1 Å².